The topological polar surface area (TPSA) is 35.2 Å². The van der Waals surface area contributed by atoms with Crippen LogP contribution >= 0.6 is 0 Å². The first-order valence-electron chi connectivity index (χ1n) is 5.00. The minimum absolute atomic E-state index is 0.351. The van der Waals surface area contributed by atoms with E-state index in [0.717, 1.165) is 25.7 Å². The van der Waals surface area contributed by atoms with Gasteiger partial charge in [-0.1, -0.05) is 13.8 Å². The number of hydrogen-bond acceptors (Lipinski definition) is 2. The van der Waals surface area contributed by atoms with E-state index in [1.807, 2.05) is 0 Å². The molecule has 0 radical (unpaired) electrons. The van der Waals surface area contributed by atoms with Gasteiger partial charge in [0, 0.05) is 13.2 Å². The van der Waals surface area contributed by atoms with E-state index in [2.05, 4.69) is 13.8 Å². The molecule has 2 heteroatoms. The van der Waals surface area contributed by atoms with E-state index in [-0.39, 0.29) is 0 Å². The van der Waals surface area contributed by atoms with Crippen molar-refractivity contribution in [3.8, 4) is 0 Å². The zero-order valence-electron chi connectivity index (χ0n) is 8.31. The summed E-state index contributed by atoms with van der Waals surface area (Å²) in [5.74, 6) is 0.779. The first-order valence-corrected chi connectivity index (χ1v) is 5.00. The highest BCUT2D eigenvalue weighted by atomic mass is 16.5. The Hall–Kier alpha value is -0.0800. The SMILES string of the molecule is CCC(C)(CN)C1CCOCC1. The van der Waals surface area contributed by atoms with Gasteiger partial charge in [0.2, 0.25) is 0 Å². The zero-order chi connectivity index (χ0) is 9.03. The Morgan fingerprint density at radius 1 is 1.42 bits per heavy atom. The van der Waals surface area contributed by atoms with Gasteiger partial charge in [-0.2, -0.15) is 0 Å². The molecule has 1 fully saturated rings. The van der Waals surface area contributed by atoms with Crippen LogP contribution in [0.15, 0.2) is 0 Å². The second-order valence-electron chi connectivity index (χ2n) is 4.10. The Bertz CT molecular complexity index is 126. The third-order valence-corrected chi connectivity index (χ3v) is 3.48. The maximum Gasteiger partial charge on any atom is 0.0468 e. The van der Waals surface area contributed by atoms with E-state index >= 15 is 0 Å². The lowest BCUT2D eigenvalue weighted by molar-refractivity contribution is 0.0178. The van der Waals surface area contributed by atoms with Crippen LogP contribution in [0, 0.1) is 11.3 Å². The maximum atomic E-state index is 5.81. The second kappa shape index (κ2) is 4.24. The predicted octanol–water partition coefficient (Wildman–Crippen LogP) is 1.79. The van der Waals surface area contributed by atoms with Crippen molar-refractivity contribution in [1.82, 2.24) is 0 Å². The van der Waals surface area contributed by atoms with E-state index in [9.17, 15) is 0 Å². The first-order chi connectivity index (χ1) is 5.73. The molecule has 1 heterocycles. The Morgan fingerprint density at radius 2 is 2.00 bits per heavy atom. The highest BCUT2D eigenvalue weighted by Crippen LogP contribution is 2.36. The fourth-order valence-electron chi connectivity index (χ4n) is 1.99. The van der Waals surface area contributed by atoms with E-state index < -0.39 is 0 Å². The van der Waals surface area contributed by atoms with Crippen LogP contribution in [0.5, 0.6) is 0 Å². The molecule has 2 N–H and O–H groups in total. The molecular formula is C10H21NO. The van der Waals surface area contributed by atoms with Crippen LogP contribution in [0.25, 0.3) is 0 Å². The van der Waals surface area contributed by atoms with Crippen LogP contribution in [0.2, 0.25) is 0 Å². The lowest BCUT2D eigenvalue weighted by Gasteiger charge is -2.38. The third-order valence-electron chi connectivity index (χ3n) is 3.48. The van der Waals surface area contributed by atoms with E-state index in [0.29, 0.717) is 5.41 Å². The summed E-state index contributed by atoms with van der Waals surface area (Å²) in [6.07, 6.45) is 3.58. The van der Waals surface area contributed by atoms with Crippen LogP contribution in [0.4, 0.5) is 0 Å². The van der Waals surface area contributed by atoms with Crippen LogP contribution in [-0.4, -0.2) is 19.8 Å². The van der Waals surface area contributed by atoms with Gasteiger partial charge >= 0.3 is 0 Å². The first kappa shape index (κ1) is 10.0. The van der Waals surface area contributed by atoms with Crippen molar-refractivity contribution in [3.63, 3.8) is 0 Å². The van der Waals surface area contributed by atoms with Crippen LogP contribution < -0.4 is 5.73 Å². The Morgan fingerprint density at radius 3 is 2.42 bits per heavy atom. The largest absolute Gasteiger partial charge is 0.381 e. The molecule has 2 nitrogen and oxygen atoms in total. The lowest BCUT2D eigenvalue weighted by Crippen LogP contribution is -2.37. The fraction of sp³-hybridized carbons (Fsp3) is 1.00. The van der Waals surface area contributed by atoms with Gasteiger partial charge in [0.25, 0.3) is 0 Å². The molecule has 1 atom stereocenters. The minimum Gasteiger partial charge on any atom is -0.381 e. The maximum absolute atomic E-state index is 5.81. The monoisotopic (exact) mass is 171 g/mol. The van der Waals surface area contributed by atoms with Gasteiger partial charge in [0.15, 0.2) is 0 Å². The van der Waals surface area contributed by atoms with Crippen molar-refractivity contribution in [2.24, 2.45) is 17.1 Å². The van der Waals surface area contributed by atoms with E-state index in [1.54, 1.807) is 0 Å². The normalized spacial score (nSPS) is 25.2. The van der Waals surface area contributed by atoms with E-state index in [1.165, 1.54) is 19.3 Å². The molecular weight excluding hydrogens is 150 g/mol. The Balaban J connectivity index is 2.51. The van der Waals surface area contributed by atoms with Crippen molar-refractivity contribution in [1.29, 1.82) is 0 Å². The Labute approximate surface area is 75.5 Å². The van der Waals surface area contributed by atoms with Gasteiger partial charge in [-0.05, 0) is 37.1 Å². The fourth-order valence-corrected chi connectivity index (χ4v) is 1.99. The molecule has 0 amide bonds. The van der Waals surface area contributed by atoms with Gasteiger partial charge in [0.05, 0.1) is 0 Å². The van der Waals surface area contributed by atoms with Gasteiger partial charge in [-0.15, -0.1) is 0 Å². The zero-order valence-corrected chi connectivity index (χ0v) is 8.31. The summed E-state index contributed by atoms with van der Waals surface area (Å²) in [4.78, 5) is 0. The Kier molecular flexibility index (Phi) is 3.53. The quantitative estimate of drug-likeness (QED) is 0.702. The van der Waals surface area contributed by atoms with Crippen LogP contribution in [0.1, 0.15) is 33.1 Å². The van der Waals surface area contributed by atoms with Crippen LogP contribution in [0.3, 0.4) is 0 Å². The molecule has 0 bridgehead atoms. The minimum atomic E-state index is 0.351. The number of hydrogen-bond donors (Lipinski definition) is 1. The van der Waals surface area contributed by atoms with Crippen LogP contribution in [-0.2, 0) is 4.74 Å². The molecule has 1 aliphatic rings. The lowest BCUT2D eigenvalue weighted by atomic mass is 9.71. The summed E-state index contributed by atoms with van der Waals surface area (Å²) >= 11 is 0. The average molecular weight is 171 g/mol. The van der Waals surface area contributed by atoms with Crippen molar-refractivity contribution in [3.05, 3.63) is 0 Å². The summed E-state index contributed by atoms with van der Waals surface area (Å²) < 4.78 is 5.34. The molecule has 1 saturated heterocycles. The van der Waals surface area contributed by atoms with Crippen molar-refractivity contribution >= 4 is 0 Å². The number of ether oxygens (including phenoxy) is 1. The molecule has 1 rings (SSSR count). The molecule has 72 valence electrons. The molecule has 1 aliphatic heterocycles. The van der Waals surface area contributed by atoms with Gasteiger partial charge < -0.3 is 10.5 Å². The molecule has 0 spiro atoms. The highest BCUT2D eigenvalue weighted by Gasteiger charge is 2.32. The number of nitrogens with two attached hydrogens (primary N) is 1. The summed E-state index contributed by atoms with van der Waals surface area (Å²) in [5.41, 5.74) is 6.16. The highest BCUT2D eigenvalue weighted by molar-refractivity contribution is 4.83. The molecule has 0 aromatic heterocycles. The number of rotatable bonds is 3. The standard InChI is InChI=1S/C10H21NO/c1-3-10(2,8-11)9-4-6-12-7-5-9/h9H,3-8,11H2,1-2H3. The molecule has 12 heavy (non-hydrogen) atoms. The van der Waals surface area contributed by atoms with Crippen molar-refractivity contribution in [2.75, 3.05) is 19.8 Å². The van der Waals surface area contributed by atoms with E-state index in [4.69, 9.17) is 10.5 Å². The molecule has 0 aromatic carbocycles. The molecule has 0 aromatic rings. The van der Waals surface area contributed by atoms with Crippen molar-refractivity contribution < 1.29 is 4.74 Å². The van der Waals surface area contributed by atoms with Gasteiger partial charge in [-0.3, -0.25) is 0 Å². The van der Waals surface area contributed by atoms with Gasteiger partial charge in [0.1, 0.15) is 0 Å². The summed E-state index contributed by atoms with van der Waals surface area (Å²) in [7, 11) is 0. The predicted molar refractivity (Wildman–Crippen MR) is 51.0 cm³/mol. The second-order valence-corrected chi connectivity index (χ2v) is 4.10. The molecule has 0 saturated carbocycles. The van der Waals surface area contributed by atoms with Gasteiger partial charge in [-0.25, -0.2) is 0 Å². The third kappa shape index (κ3) is 1.99. The van der Waals surface area contributed by atoms with Crippen molar-refractivity contribution in [2.45, 2.75) is 33.1 Å². The smallest absolute Gasteiger partial charge is 0.0468 e. The average Bonchev–Trinajstić information content (AvgIpc) is 2.18. The summed E-state index contributed by atoms with van der Waals surface area (Å²) in [5, 5.41) is 0. The summed E-state index contributed by atoms with van der Waals surface area (Å²) in [6.45, 7) is 7.22. The summed E-state index contributed by atoms with van der Waals surface area (Å²) in [6, 6.07) is 0. The molecule has 0 aliphatic carbocycles. The molecule has 1 unspecified atom stereocenters.